The van der Waals surface area contributed by atoms with Crippen molar-refractivity contribution in [1.29, 1.82) is 0 Å². The molecule has 0 radical (unpaired) electrons. The molecule has 0 heterocycles. The van der Waals surface area contributed by atoms with Gasteiger partial charge in [0, 0.05) is 24.5 Å². The van der Waals surface area contributed by atoms with E-state index in [1.165, 1.54) is 46.2 Å². The Balaban J connectivity index is 0. The SMILES string of the molecule is C=C(NCC)C1=CCC(CCc2cc(C)cc(CCc3ccc(C(C)=NCCC)cc3)c2)C=C1.CC.CC.CC.CCC. The predicted octanol–water partition coefficient (Wildman–Crippen LogP) is 12.1. The minimum absolute atomic E-state index is 0.616. The molecule has 0 aromatic heterocycles. The maximum Gasteiger partial charge on any atom is 0.0390 e. The average molecular weight is 589 g/mol. The molecule has 0 spiro atoms. The van der Waals surface area contributed by atoms with Crippen LogP contribution in [0.3, 0.4) is 0 Å². The van der Waals surface area contributed by atoms with E-state index in [1.54, 1.807) is 0 Å². The highest BCUT2D eigenvalue weighted by Crippen LogP contribution is 2.24. The summed E-state index contributed by atoms with van der Waals surface area (Å²) in [4.78, 5) is 4.63. The van der Waals surface area contributed by atoms with Crippen LogP contribution in [-0.4, -0.2) is 18.8 Å². The highest BCUT2D eigenvalue weighted by atomic mass is 14.9. The van der Waals surface area contributed by atoms with Crippen molar-refractivity contribution in [3.8, 4) is 0 Å². The molecule has 1 N–H and O–H groups in total. The number of hydrogen-bond donors (Lipinski definition) is 1. The lowest BCUT2D eigenvalue weighted by molar-refractivity contribution is 0.591. The van der Waals surface area contributed by atoms with Crippen LogP contribution in [0, 0.1) is 12.8 Å². The second-order valence-corrected chi connectivity index (χ2v) is 10.3. The van der Waals surface area contributed by atoms with E-state index in [0.29, 0.717) is 5.92 Å². The first-order valence-electron chi connectivity index (χ1n) is 17.4. The van der Waals surface area contributed by atoms with Gasteiger partial charge >= 0.3 is 0 Å². The fraction of sp³-hybridized carbons (Fsp3) is 0.537. The Bertz CT molecular complexity index is 1050. The third kappa shape index (κ3) is 18.4. The standard InChI is InChI=1S/C32H42N2.C3H8.3C2H6/c1-6-20-34-26(5)32-18-14-28(15-19-32)9-11-30-22-24(3)21-29(23-30)10-8-27-12-16-31(17-13-27)25(4)33-7-2;1-3-2;3*1-2/h12,14-19,21-23,27,33H,4,6-11,13,20H2,1-3,5H3;3H2,1-2H3;3*1-2H3. The van der Waals surface area contributed by atoms with Gasteiger partial charge in [-0.15, -0.1) is 0 Å². The van der Waals surface area contributed by atoms with Crippen molar-refractivity contribution in [2.75, 3.05) is 13.1 Å². The van der Waals surface area contributed by atoms with Crippen molar-refractivity contribution in [1.82, 2.24) is 5.32 Å². The number of aliphatic imine (C=N–C) groups is 1. The number of nitrogens with zero attached hydrogens (tertiary/aromatic N) is 1. The van der Waals surface area contributed by atoms with Crippen LogP contribution in [0.5, 0.6) is 0 Å². The smallest absolute Gasteiger partial charge is 0.0390 e. The minimum Gasteiger partial charge on any atom is -0.385 e. The number of likely N-dealkylation sites (N-methyl/N-ethyl adjacent to an activating group) is 1. The fourth-order valence-corrected chi connectivity index (χ4v) is 4.58. The highest BCUT2D eigenvalue weighted by Gasteiger charge is 2.11. The number of nitrogens with one attached hydrogen (secondary N) is 1. The van der Waals surface area contributed by atoms with Gasteiger partial charge in [-0.2, -0.15) is 0 Å². The predicted molar refractivity (Wildman–Crippen MR) is 199 cm³/mol. The number of rotatable bonds is 12. The van der Waals surface area contributed by atoms with Gasteiger partial charge < -0.3 is 5.32 Å². The van der Waals surface area contributed by atoms with E-state index < -0.39 is 0 Å². The molecule has 43 heavy (non-hydrogen) atoms. The molecule has 0 fully saturated rings. The minimum atomic E-state index is 0.616. The molecule has 1 atom stereocenters. The normalized spacial score (nSPS) is 13.3. The first kappa shape index (κ1) is 42.3. The summed E-state index contributed by atoms with van der Waals surface area (Å²) < 4.78 is 0. The second-order valence-electron chi connectivity index (χ2n) is 10.3. The van der Waals surface area contributed by atoms with Crippen LogP contribution >= 0.6 is 0 Å². The van der Waals surface area contributed by atoms with Gasteiger partial charge in [-0.25, -0.2) is 0 Å². The van der Waals surface area contributed by atoms with Gasteiger partial charge in [0.1, 0.15) is 0 Å². The van der Waals surface area contributed by atoms with E-state index in [2.05, 4.69) is 119 Å². The Hall–Kier alpha value is -2.87. The van der Waals surface area contributed by atoms with E-state index in [9.17, 15) is 0 Å². The molecule has 1 aliphatic rings. The third-order valence-corrected chi connectivity index (χ3v) is 6.57. The lowest BCUT2D eigenvalue weighted by Crippen LogP contribution is -2.14. The molecule has 2 nitrogen and oxygen atoms in total. The summed E-state index contributed by atoms with van der Waals surface area (Å²) in [6, 6.07) is 16.1. The van der Waals surface area contributed by atoms with Gasteiger partial charge in [0.2, 0.25) is 0 Å². The lowest BCUT2D eigenvalue weighted by Gasteiger charge is -2.18. The largest absolute Gasteiger partial charge is 0.385 e. The van der Waals surface area contributed by atoms with Crippen LogP contribution in [0.1, 0.15) is 130 Å². The van der Waals surface area contributed by atoms with Crippen LogP contribution < -0.4 is 5.32 Å². The van der Waals surface area contributed by atoms with Crippen molar-refractivity contribution < 1.29 is 0 Å². The number of allylic oxidation sites excluding steroid dienone is 3. The Kier molecular flexibility index (Phi) is 27.5. The van der Waals surface area contributed by atoms with Gasteiger partial charge in [-0.1, -0.05) is 142 Å². The van der Waals surface area contributed by atoms with E-state index in [4.69, 9.17) is 0 Å². The van der Waals surface area contributed by atoms with E-state index in [0.717, 1.165) is 56.6 Å². The lowest BCUT2D eigenvalue weighted by atomic mass is 9.89. The van der Waals surface area contributed by atoms with Crippen LogP contribution in [0.15, 0.2) is 83.5 Å². The molecule has 1 unspecified atom stereocenters. The molecule has 0 saturated carbocycles. The maximum atomic E-state index is 4.63. The van der Waals surface area contributed by atoms with Gasteiger partial charge in [0.25, 0.3) is 0 Å². The molecule has 0 bridgehead atoms. The number of aryl methyl sites for hydroxylation is 4. The monoisotopic (exact) mass is 589 g/mol. The van der Waals surface area contributed by atoms with Crippen LogP contribution in [0.2, 0.25) is 0 Å². The van der Waals surface area contributed by atoms with Crippen LogP contribution in [0.25, 0.3) is 0 Å². The molecule has 2 heteroatoms. The molecule has 2 aromatic carbocycles. The number of benzene rings is 2. The summed E-state index contributed by atoms with van der Waals surface area (Å²) in [6.45, 7) is 30.8. The van der Waals surface area contributed by atoms with Crippen molar-refractivity contribution in [2.45, 2.75) is 128 Å². The molecule has 0 saturated heterocycles. The Morgan fingerprint density at radius 3 is 1.91 bits per heavy atom. The van der Waals surface area contributed by atoms with Crippen molar-refractivity contribution >= 4 is 5.71 Å². The van der Waals surface area contributed by atoms with Crippen molar-refractivity contribution in [3.05, 3.63) is 106 Å². The zero-order chi connectivity index (χ0) is 33.0. The quantitative estimate of drug-likeness (QED) is 0.245. The molecular weight excluding hydrogens is 520 g/mol. The Morgan fingerprint density at radius 2 is 1.40 bits per heavy atom. The molecule has 1 aliphatic carbocycles. The second kappa shape index (κ2) is 27.9. The number of hydrogen-bond acceptors (Lipinski definition) is 2. The Labute approximate surface area is 268 Å². The molecular formula is C41H68N2. The van der Waals surface area contributed by atoms with Gasteiger partial charge in [-0.05, 0) is 93.0 Å². The first-order chi connectivity index (χ1) is 20.9. The summed E-state index contributed by atoms with van der Waals surface area (Å²) in [5.41, 5.74) is 10.3. The van der Waals surface area contributed by atoms with E-state index in [-0.39, 0.29) is 0 Å². The van der Waals surface area contributed by atoms with Crippen LogP contribution in [0.4, 0.5) is 0 Å². The fourth-order valence-electron chi connectivity index (χ4n) is 4.58. The summed E-state index contributed by atoms with van der Waals surface area (Å²) >= 11 is 0. The summed E-state index contributed by atoms with van der Waals surface area (Å²) in [5, 5.41) is 3.32. The van der Waals surface area contributed by atoms with E-state index in [1.807, 2.05) is 41.5 Å². The summed E-state index contributed by atoms with van der Waals surface area (Å²) in [5.74, 6) is 0.616. The average Bonchev–Trinajstić information content (AvgIpc) is 3.05. The molecule has 2 aromatic rings. The molecule has 0 amide bonds. The van der Waals surface area contributed by atoms with Crippen molar-refractivity contribution in [2.24, 2.45) is 10.9 Å². The van der Waals surface area contributed by atoms with Gasteiger partial charge in [0.05, 0.1) is 0 Å². The van der Waals surface area contributed by atoms with E-state index >= 15 is 0 Å². The highest BCUT2D eigenvalue weighted by molar-refractivity contribution is 5.98. The third-order valence-electron chi connectivity index (χ3n) is 6.57. The van der Waals surface area contributed by atoms with Crippen molar-refractivity contribution in [3.63, 3.8) is 0 Å². The summed E-state index contributed by atoms with van der Waals surface area (Å²) in [7, 11) is 0. The van der Waals surface area contributed by atoms with Crippen LogP contribution in [-0.2, 0) is 19.3 Å². The topological polar surface area (TPSA) is 24.4 Å². The molecule has 0 aliphatic heterocycles. The van der Waals surface area contributed by atoms with Gasteiger partial charge in [0.15, 0.2) is 0 Å². The first-order valence-corrected chi connectivity index (χ1v) is 17.4. The molecule has 242 valence electrons. The Morgan fingerprint density at radius 1 is 0.837 bits per heavy atom. The maximum absolute atomic E-state index is 4.63. The summed E-state index contributed by atoms with van der Waals surface area (Å²) in [6.07, 6.45) is 14.9. The zero-order valence-electron chi connectivity index (χ0n) is 30.4. The zero-order valence-corrected chi connectivity index (χ0v) is 30.4. The molecule has 3 rings (SSSR count). The van der Waals surface area contributed by atoms with Gasteiger partial charge in [-0.3, -0.25) is 4.99 Å².